The number of benzene rings is 1. The van der Waals surface area contributed by atoms with Crippen LogP contribution in [0.25, 0.3) is 0 Å². The zero-order valence-electron chi connectivity index (χ0n) is 13.0. The number of aromatic nitrogens is 1. The van der Waals surface area contributed by atoms with Crippen molar-refractivity contribution in [3.63, 3.8) is 0 Å². The molecule has 23 heavy (non-hydrogen) atoms. The minimum atomic E-state index is -0.278. The van der Waals surface area contributed by atoms with E-state index in [0.29, 0.717) is 12.1 Å². The number of pyridine rings is 1. The van der Waals surface area contributed by atoms with Gasteiger partial charge in [-0.05, 0) is 49.1 Å². The lowest BCUT2D eigenvalue weighted by atomic mass is 10.1. The fraction of sp³-hybridized carbons (Fsp3) is 0.333. The number of nitrogens with one attached hydrogen (secondary N) is 1. The molecule has 4 nitrogen and oxygen atoms in total. The number of halogens is 1. The summed E-state index contributed by atoms with van der Waals surface area (Å²) in [6, 6.07) is 9.71. The standard InChI is InChI=1S/C18H20FN3O/c19-15-8-6-14(7-9-15)13-21-18(23)16-5-4-10-20-17(16)22-11-2-1-3-12-22/h4-10H,1-3,11-13H2,(H,21,23). The molecule has 0 radical (unpaired) electrons. The second kappa shape index (κ2) is 7.22. The molecule has 2 heterocycles. The summed E-state index contributed by atoms with van der Waals surface area (Å²) in [6.45, 7) is 2.25. The van der Waals surface area contributed by atoms with E-state index in [1.807, 2.05) is 0 Å². The topological polar surface area (TPSA) is 45.2 Å². The molecule has 1 N–H and O–H groups in total. The molecule has 1 amide bonds. The van der Waals surface area contributed by atoms with Crippen molar-refractivity contribution < 1.29 is 9.18 Å². The van der Waals surface area contributed by atoms with Crippen molar-refractivity contribution in [2.45, 2.75) is 25.8 Å². The Balaban J connectivity index is 1.70. The van der Waals surface area contributed by atoms with E-state index in [-0.39, 0.29) is 11.7 Å². The molecule has 1 aromatic heterocycles. The number of nitrogens with zero attached hydrogens (tertiary/aromatic N) is 2. The SMILES string of the molecule is O=C(NCc1ccc(F)cc1)c1cccnc1N1CCCCC1. The van der Waals surface area contributed by atoms with Crippen LogP contribution in [0.3, 0.4) is 0 Å². The smallest absolute Gasteiger partial charge is 0.255 e. The lowest BCUT2D eigenvalue weighted by Gasteiger charge is -2.29. The van der Waals surface area contributed by atoms with Gasteiger partial charge in [0.1, 0.15) is 11.6 Å². The molecule has 5 heteroatoms. The fourth-order valence-electron chi connectivity index (χ4n) is 2.81. The van der Waals surface area contributed by atoms with Gasteiger partial charge in [0, 0.05) is 25.8 Å². The maximum atomic E-state index is 12.9. The van der Waals surface area contributed by atoms with Crippen LogP contribution in [0, 0.1) is 5.82 Å². The van der Waals surface area contributed by atoms with Crippen molar-refractivity contribution in [1.82, 2.24) is 10.3 Å². The van der Waals surface area contributed by atoms with Crippen LogP contribution in [0.2, 0.25) is 0 Å². The summed E-state index contributed by atoms with van der Waals surface area (Å²) in [5.41, 5.74) is 1.46. The lowest BCUT2D eigenvalue weighted by molar-refractivity contribution is 0.0951. The average molecular weight is 313 g/mol. The summed E-state index contributed by atoms with van der Waals surface area (Å²) in [7, 11) is 0. The van der Waals surface area contributed by atoms with E-state index in [2.05, 4.69) is 15.2 Å². The predicted octanol–water partition coefficient (Wildman–Crippen LogP) is 3.14. The van der Waals surface area contributed by atoms with Gasteiger partial charge in [-0.2, -0.15) is 0 Å². The molecule has 120 valence electrons. The molecule has 0 unspecified atom stereocenters. The van der Waals surface area contributed by atoms with Gasteiger partial charge in [0.15, 0.2) is 0 Å². The Bertz CT molecular complexity index is 666. The van der Waals surface area contributed by atoms with Gasteiger partial charge in [-0.15, -0.1) is 0 Å². The molecule has 0 saturated carbocycles. The third-order valence-corrected chi connectivity index (χ3v) is 4.05. The maximum absolute atomic E-state index is 12.9. The monoisotopic (exact) mass is 313 g/mol. The molecule has 1 aliphatic rings. The molecule has 2 aromatic rings. The van der Waals surface area contributed by atoms with Crippen LogP contribution in [-0.4, -0.2) is 24.0 Å². The van der Waals surface area contributed by atoms with Crippen LogP contribution in [-0.2, 0) is 6.54 Å². The van der Waals surface area contributed by atoms with Crippen molar-refractivity contribution in [3.05, 3.63) is 59.5 Å². The van der Waals surface area contributed by atoms with Crippen LogP contribution >= 0.6 is 0 Å². The van der Waals surface area contributed by atoms with E-state index >= 15 is 0 Å². The molecule has 0 bridgehead atoms. The molecule has 1 aliphatic heterocycles. The number of rotatable bonds is 4. The minimum absolute atomic E-state index is 0.150. The molecule has 1 aromatic carbocycles. The number of anilines is 1. The van der Waals surface area contributed by atoms with Gasteiger partial charge in [0.25, 0.3) is 5.91 Å². The van der Waals surface area contributed by atoms with Crippen LogP contribution in [0.15, 0.2) is 42.6 Å². The Hall–Kier alpha value is -2.43. The van der Waals surface area contributed by atoms with Gasteiger partial charge in [0.2, 0.25) is 0 Å². The number of hydrogen-bond acceptors (Lipinski definition) is 3. The van der Waals surface area contributed by atoms with Crippen LogP contribution in [0.5, 0.6) is 0 Å². The fourth-order valence-corrected chi connectivity index (χ4v) is 2.81. The Morgan fingerprint density at radius 1 is 1.13 bits per heavy atom. The molecular formula is C18H20FN3O. The summed E-state index contributed by atoms with van der Waals surface area (Å²) >= 11 is 0. The first kappa shape index (κ1) is 15.5. The Morgan fingerprint density at radius 3 is 2.61 bits per heavy atom. The second-order valence-electron chi connectivity index (χ2n) is 5.73. The summed E-state index contributed by atoms with van der Waals surface area (Å²) < 4.78 is 12.9. The van der Waals surface area contributed by atoms with Gasteiger partial charge in [-0.3, -0.25) is 4.79 Å². The number of amides is 1. The van der Waals surface area contributed by atoms with Crippen molar-refractivity contribution >= 4 is 11.7 Å². The van der Waals surface area contributed by atoms with E-state index < -0.39 is 0 Å². The van der Waals surface area contributed by atoms with E-state index in [1.54, 1.807) is 30.5 Å². The highest BCUT2D eigenvalue weighted by Crippen LogP contribution is 2.21. The average Bonchev–Trinajstić information content (AvgIpc) is 2.62. The van der Waals surface area contributed by atoms with Crippen LogP contribution in [0.1, 0.15) is 35.2 Å². The number of carbonyl (C=O) groups is 1. The highest BCUT2D eigenvalue weighted by Gasteiger charge is 2.19. The lowest BCUT2D eigenvalue weighted by Crippen LogP contribution is -2.33. The Kier molecular flexibility index (Phi) is 4.86. The van der Waals surface area contributed by atoms with E-state index in [4.69, 9.17) is 0 Å². The van der Waals surface area contributed by atoms with E-state index in [0.717, 1.165) is 37.3 Å². The van der Waals surface area contributed by atoms with Crippen molar-refractivity contribution in [1.29, 1.82) is 0 Å². The third kappa shape index (κ3) is 3.86. The minimum Gasteiger partial charge on any atom is -0.356 e. The quantitative estimate of drug-likeness (QED) is 0.943. The third-order valence-electron chi connectivity index (χ3n) is 4.05. The molecule has 3 rings (SSSR count). The highest BCUT2D eigenvalue weighted by molar-refractivity contribution is 5.98. The number of hydrogen-bond donors (Lipinski definition) is 1. The Labute approximate surface area is 135 Å². The zero-order valence-corrected chi connectivity index (χ0v) is 13.0. The summed E-state index contributed by atoms with van der Waals surface area (Å²) in [4.78, 5) is 19.1. The second-order valence-corrected chi connectivity index (χ2v) is 5.73. The maximum Gasteiger partial charge on any atom is 0.255 e. The summed E-state index contributed by atoms with van der Waals surface area (Å²) in [6.07, 6.45) is 5.22. The number of piperidine rings is 1. The molecule has 0 atom stereocenters. The molecule has 0 aliphatic carbocycles. The molecule has 1 fully saturated rings. The number of carbonyl (C=O) groups excluding carboxylic acids is 1. The zero-order chi connectivity index (χ0) is 16.1. The first-order chi connectivity index (χ1) is 11.2. The van der Waals surface area contributed by atoms with Crippen molar-refractivity contribution in [2.75, 3.05) is 18.0 Å². The molecule has 0 spiro atoms. The van der Waals surface area contributed by atoms with E-state index in [9.17, 15) is 9.18 Å². The van der Waals surface area contributed by atoms with Crippen LogP contribution < -0.4 is 10.2 Å². The normalized spacial score (nSPS) is 14.6. The van der Waals surface area contributed by atoms with Gasteiger partial charge in [0.05, 0.1) is 5.56 Å². The molecular weight excluding hydrogens is 293 g/mol. The van der Waals surface area contributed by atoms with Gasteiger partial charge in [-0.25, -0.2) is 9.37 Å². The van der Waals surface area contributed by atoms with Gasteiger partial charge >= 0.3 is 0 Å². The van der Waals surface area contributed by atoms with E-state index in [1.165, 1.54) is 18.6 Å². The molecule has 1 saturated heterocycles. The predicted molar refractivity (Wildman–Crippen MR) is 87.9 cm³/mol. The van der Waals surface area contributed by atoms with Gasteiger partial charge < -0.3 is 10.2 Å². The van der Waals surface area contributed by atoms with Crippen molar-refractivity contribution in [2.24, 2.45) is 0 Å². The highest BCUT2D eigenvalue weighted by atomic mass is 19.1. The van der Waals surface area contributed by atoms with Crippen molar-refractivity contribution in [3.8, 4) is 0 Å². The Morgan fingerprint density at radius 2 is 1.87 bits per heavy atom. The summed E-state index contributed by atoms with van der Waals surface area (Å²) in [5, 5.41) is 2.89. The summed E-state index contributed by atoms with van der Waals surface area (Å²) in [5.74, 6) is 0.325. The first-order valence-electron chi connectivity index (χ1n) is 7.96. The van der Waals surface area contributed by atoms with Gasteiger partial charge in [-0.1, -0.05) is 12.1 Å². The first-order valence-corrected chi connectivity index (χ1v) is 7.96. The largest absolute Gasteiger partial charge is 0.356 e. The van der Waals surface area contributed by atoms with Crippen LogP contribution in [0.4, 0.5) is 10.2 Å².